The topological polar surface area (TPSA) is 42.0 Å². The molecule has 1 rings (SSSR count). The number of hydrogen-bond acceptors (Lipinski definition) is 3. The van der Waals surface area contributed by atoms with E-state index in [1.165, 1.54) is 0 Å². The van der Waals surface area contributed by atoms with Crippen LogP contribution in [0.25, 0.3) is 0 Å². The molecule has 1 N–H and O–H groups in total. The molecular formula is C12H20N2OS. The Bertz CT molecular complexity index is 350. The molecule has 0 aliphatic rings. The summed E-state index contributed by atoms with van der Waals surface area (Å²) in [5.41, 5.74) is -0.362. The van der Waals surface area contributed by atoms with E-state index in [2.05, 4.69) is 31.1 Å². The van der Waals surface area contributed by atoms with Gasteiger partial charge in [-0.3, -0.25) is 4.79 Å². The van der Waals surface area contributed by atoms with Crippen molar-refractivity contribution < 1.29 is 4.79 Å². The number of hydrogen-bond donors (Lipinski definition) is 1. The summed E-state index contributed by atoms with van der Waals surface area (Å²) in [6.07, 6.45) is 2.29. The van der Waals surface area contributed by atoms with Gasteiger partial charge in [0.25, 0.3) is 0 Å². The quantitative estimate of drug-likeness (QED) is 0.882. The van der Waals surface area contributed by atoms with Gasteiger partial charge in [0.05, 0.1) is 5.54 Å². The van der Waals surface area contributed by atoms with Gasteiger partial charge in [-0.1, -0.05) is 20.8 Å². The monoisotopic (exact) mass is 240 g/mol. The van der Waals surface area contributed by atoms with Crippen LogP contribution >= 0.6 is 11.3 Å². The smallest absolute Gasteiger partial charge is 0.221 e. The first-order valence-corrected chi connectivity index (χ1v) is 6.30. The first-order valence-electron chi connectivity index (χ1n) is 5.42. The number of carbonyl (C=O) groups is 1. The third-order valence-electron chi connectivity index (χ3n) is 2.11. The fraction of sp³-hybridized carbons (Fsp3) is 0.667. The maximum absolute atomic E-state index is 11.8. The van der Waals surface area contributed by atoms with Crippen LogP contribution in [0.4, 0.5) is 0 Å². The fourth-order valence-electron chi connectivity index (χ4n) is 1.46. The first-order chi connectivity index (χ1) is 7.21. The summed E-state index contributed by atoms with van der Waals surface area (Å²) in [6.45, 7) is 10.1. The van der Waals surface area contributed by atoms with E-state index in [-0.39, 0.29) is 16.9 Å². The van der Waals surface area contributed by atoms with Gasteiger partial charge in [0.1, 0.15) is 5.01 Å². The van der Waals surface area contributed by atoms with Gasteiger partial charge in [-0.05, 0) is 19.3 Å². The van der Waals surface area contributed by atoms with Crippen LogP contribution in [0.15, 0.2) is 11.6 Å². The Kier molecular flexibility index (Phi) is 3.73. The summed E-state index contributed by atoms with van der Waals surface area (Å²) < 4.78 is 0. The molecule has 1 amide bonds. The average molecular weight is 240 g/mol. The second-order valence-electron chi connectivity index (χ2n) is 5.75. The molecule has 1 aromatic heterocycles. The molecule has 0 saturated heterocycles. The Morgan fingerprint density at radius 3 is 2.44 bits per heavy atom. The van der Waals surface area contributed by atoms with Crippen molar-refractivity contribution in [1.82, 2.24) is 10.3 Å². The van der Waals surface area contributed by atoms with Crippen LogP contribution in [0.5, 0.6) is 0 Å². The Morgan fingerprint density at radius 2 is 2.00 bits per heavy atom. The van der Waals surface area contributed by atoms with Crippen molar-refractivity contribution in [1.29, 1.82) is 0 Å². The molecule has 0 fully saturated rings. The maximum Gasteiger partial charge on any atom is 0.221 e. The predicted octanol–water partition coefficient (Wildman–Crippen LogP) is 2.93. The lowest BCUT2D eigenvalue weighted by atomic mass is 9.91. The molecule has 0 aliphatic carbocycles. The normalized spacial score (nSPS) is 12.6. The maximum atomic E-state index is 11.8. The van der Waals surface area contributed by atoms with Gasteiger partial charge in [-0.2, -0.15) is 0 Å². The van der Waals surface area contributed by atoms with Crippen molar-refractivity contribution in [3.8, 4) is 0 Å². The van der Waals surface area contributed by atoms with Gasteiger partial charge in [0.2, 0.25) is 5.91 Å². The molecule has 0 bridgehead atoms. The fourth-order valence-corrected chi connectivity index (χ4v) is 2.18. The van der Waals surface area contributed by atoms with Crippen LogP contribution in [0.2, 0.25) is 0 Å². The summed E-state index contributed by atoms with van der Waals surface area (Å²) in [7, 11) is 0. The molecule has 1 aromatic rings. The Balaban J connectivity index is 2.64. The van der Waals surface area contributed by atoms with Crippen LogP contribution < -0.4 is 5.32 Å². The minimum Gasteiger partial charge on any atom is -0.345 e. The van der Waals surface area contributed by atoms with Crippen molar-refractivity contribution in [3.63, 3.8) is 0 Å². The summed E-state index contributed by atoms with van der Waals surface area (Å²) in [4.78, 5) is 16.1. The molecule has 90 valence electrons. The number of aromatic nitrogens is 1. The van der Waals surface area contributed by atoms with E-state index in [1.54, 1.807) is 17.5 Å². The van der Waals surface area contributed by atoms with E-state index in [0.29, 0.717) is 6.42 Å². The van der Waals surface area contributed by atoms with Crippen molar-refractivity contribution in [2.75, 3.05) is 0 Å². The van der Waals surface area contributed by atoms with Crippen LogP contribution in [0, 0.1) is 5.41 Å². The molecule has 0 saturated carbocycles. The number of rotatable bonds is 3. The van der Waals surface area contributed by atoms with E-state index >= 15 is 0 Å². The van der Waals surface area contributed by atoms with Gasteiger partial charge in [-0.15, -0.1) is 11.3 Å². The van der Waals surface area contributed by atoms with E-state index in [4.69, 9.17) is 0 Å². The highest BCUT2D eigenvalue weighted by Gasteiger charge is 2.27. The molecule has 3 nitrogen and oxygen atoms in total. The predicted molar refractivity (Wildman–Crippen MR) is 67.4 cm³/mol. The van der Waals surface area contributed by atoms with Crippen LogP contribution in [-0.4, -0.2) is 10.9 Å². The zero-order chi connectivity index (χ0) is 12.4. The summed E-state index contributed by atoms with van der Waals surface area (Å²) in [5, 5.41) is 5.89. The van der Waals surface area contributed by atoms with Gasteiger partial charge in [0, 0.05) is 18.0 Å². The molecule has 0 aliphatic heterocycles. The van der Waals surface area contributed by atoms with Crippen molar-refractivity contribution in [2.24, 2.45) is 5.41 Å². The van der Waals surface area contributed by atoms with Crippen LogP contribution in [0.1, 0.15) is 46.0 Å². The lowest BCUT2D eigenvalue weighted by Crippen LogP contribution is -2.42. The number of thiazole rings is 1. The van der Waals surface area contributed by atoms with E-state index in [1.807, 2.05) is 19.2 Å². The van der Waals surface area contributed by atoms with E-state index in [9.17, 15) is 4.79 Å². The Morgan fingerprint density at radius 1 is 1.38 bits per heavy atom. The standard InChI is InChI=1S/C12H20N2OS/c1-11(2,3)8-9(15)14-12(4,5)10-13-6-7-16-10/h6-7H,8H2,1-5H3,(H,14,15). The number of nitrogens with one attached hydrogen (secondary N) is 1. The summed E-state index contributed by atoms with van der Waals surface area (Å²) in [6, 6.07) is 0. The SMILES string of the molecule is CC(C)(C)CC(=O)NC(C)(C)c1nccs1. The summed E-state index contributed by atoms with van der Waals surface area (Å²) in [5.74, 6) is 0.0766. The van der Waals surface area contributed by atoms with Gasteiger partial charge in [-0.25, -0.2) is 4.98 Å². The van der Waals surface area contributed by atoms with Crippen molar-refractivity contribution in [2.45, 2.75) is 46.6 Å². The average Bonchev–Trinajstić information content (AvgIpc) is 2.49. The zero-order valence-corrected chi connectivity index (χ0v) is 11.4. The van der Waals surface area contributed by atoms with E-state index in [0.717, 1.165) is 5.01 Å². The van der Waals surface area contributed by atoms with Gasteiger partial charge >= 0.3 is 0 Å². The molecule has 0 aromatic carbocycles. The molecule has 0 spiro atoms. The molecule has 0 radical (unpaired) electrons. The number of nitrogens with zero attached hydrogens (tertiary/aromatic N) is 1. The third kappa shape index (κ3) is 3.93. The summed E-state index contributed by atoms with van der Waals surface area (Å²) >= 11 is 1.56. The van der Waals surface area contributed by atoms with Crippen LogP contribution in [0.3, 0.4) is 0 Å². The minimum atomic E-state index is -0.378. The molecule has 0 unspecified atom stereocenters. The van der Waals surface area contributed by atoms with Crippen LogP contribution in [-0.2, 0) is 10.3 Å². The largest absolute Gasteiger partial charge is 0.345 e. The molecule has 16 heavy (non-hydrogen) atoms. The molecule has 0 atom stereocenters. The first kappa shape index (κ1) is 13.2. The lowest BCUT2D eigenvalue weighted by Gasteiger charge is -2.26. The molecular weight excluding hydrogens is 220 g/mol. The van der Waals surface area contributed by atoms with Gasteiger partial charge < -0.3 is 5.32 Å². The number of amides is 1. The second-order valence-corrected chi connectivity index (χ2v) is 6.64. The lowest BCUT2D eigenvalue weighted by molar-refractivity contribution is -0.124. The van der Waals surface area contributed by atoms with Crippen molar-refractivity contribution >= 4 is 17.2 Å². The highest BCUT2D eigenvalue weighted by molar-refractivity contribution is 7.09. The Labute approximate surface area is 101 Å². The zero-order valence-electron chi connectivity index (χ0n) is 10.6. The highest BCUT2D eigenvalue weighted by Crippen LogP contribution is 2.24. The van der Waals surface area contributed by atoms with Crippen molar-refractivity contribution in [3.05, 3.63) is 16.6 Å². The molecule has 4 heteroatoms. The molecule has 1 heterocycles. The third-order valence-corrected chi connectivity index (χ3v) is 3.21. The van der Waals surface area contributed by atoms with Gasteiger partial charge in [0.15, 0.2) is 0 Å². The van der Waals surface area contributed by atoms with E-state index < -0.39 is 0 Å². The highest BCUT2D eigenvalue weighted by atomic mass is 32.1. The number of carbonyl (C=O) groups excluding carboxylic acids is 1. The second kappa shape index (κ2) is 4.53. The Hall–Kier alpha value is -0.900. The minimum absolute atomic E-state index is 0.0169.